The van der Waals surface area contributed by atoms with E-state index in [9.17, 15) is 4.79 Å². The number of halogens is 1. The van der Waals surface area contributed by atoms with Crippen molar-refractivity contribution in [2.24, 2.45) is 0 Å². The van der Waals surface area contributed by atoms with Crippen LogP contribution in [0.2, 0.25) is 0 Å². The fourth-order valence-electron chi connectivity index (χ4n) is 2.19. The van der Waals surface area contributed by atoms with Gasteiger partial charge < -0.3 is 9.84 Å². The normalized spacial score (nSPS) is 17.7. The summed E-state index contributed by atoms with van der Waals surface area (Å²) in [5.74, 6) is -0.792. The van der Waals surface area contributed by atoms with Crippen LogP contribution in [-0.2, 0) is 16.1 Å². The van der Waals surface area contributed by atoms with Crippen molar-refractivity contribution in [1.29, 1.82) is 0 Å². The molecule has 0 bridgehead atoms. The lowest BCUT2D eigenvalue weighted by Gasteiger charge is -2.31. The van der Waals surface area contributed by atoms with Crippen LogP contribution in [0.1, 0.15) is 24.1 Å². The molecule has 0 aliphatic carbocycles. The van der Waals surface area contributed by atoms with Crippen LogP contribution >= 0.6 is 27.3 Å². The third-order valence-corrected chi connectivity index (χ3v) is 5.17. The second kappa shape index (κ2) is 7.38. The predicted octanol–water partition coefficient (Wildman–Crippen LogP) is 2.97. The molecule has 1 aliphatic heterocycles. The Balaban J connectivity index is 1.68. The highest BCUT2D eigenvalue weighted by Crippen LogP contribution is 2.25. The molecule has 1 aromatic rings. The number of piperidine rings is 1. The summed E-state index contributed by atoms with van der Waals surface area (Å²) in [6.07, 6.45) is 2.30. The highest BCUT2D eigenvalue weighted by atomic mass is 79.9. The molecule has 2 rings (SSSR count). The molecule has 1 fully saturated rings. The van der Waals surface area contributed by atoms with Crippen molar-refractivity contribution in [3.8, 4) is 0 Å². The summed E-state index contributed by atoms with van der Waals surface area (Å²) >= 11 is 5.33. The Bertz CT molecular complexity index is 416. The summed E-state index contributed by atoms with van der Waals surface area (Å²) in [6.45, 7) is 3.35. The summed E-state index contributed by atoms with van der Waals surface area (Å²) < 4.78 is 6.78. The van der Waals surface area contributed by atoms with Crippen molar-refractivity contribution >= 4 is 33.2 Å². The lowest BCUT2D eigenvalue weighted by molar-refractivity contribution is -0.138. The van der Waals surface area contributed by atoms with Gasteiger partial charge in [-0.05, 0) is 40.2 Å². The first kappa shape index (κ1) is 15.0. The number of carboxylic acid groups (broad SMARTS) is 1. The number of rotatable bonds is 6. The quantitative estimate of drug-likeness (QED) is 0.859. The fraction of sp³-hybridized carbons (Fsp3) is 0.615. The molecular weight excluding hydrogens is 330 g/mol. The zero-order valence-electron chi connectivity index (χ0n) is 10.7. The van der Waals surface area contributed by atoms with Crippen LogP contribution in [-0.4, -0.2) is 41.8 Å². The molecule has 1 aromatic heterocycles. The SMILES string of the molecule is O=C(O)CCOC1CCN(Cc2sccc2Br)CC1. The molecule has 106 valence electrons. The molecule has 0 amide bonds. The van der Waals surface area contributed by atoms with Gasteiger partial charge in [0.25, 0.3) is 0 Å². The van der Waals surface area contributed by atoms with Gasteiger partial charge in [-0.3, -0.25) is 9.69 Å². The molecule has 4 nitrogen and oxygen atoms in total. The minimum Gasteiger partial charge on any atom is -0.481 e. The van der Waals surface area contributed by atoms with Crippen molar-refractivity contribution in [1.82, 2.24) is 4.90 Å². The van der Waals surface area contributed by atoms with Crippen molar-refractivity contribution < 1.29 is 14.6 Å². The Kier molecular flexibility index (Phi) is 5.81. The molecule has 2 heterocycles. The summed E-state index contributed by atoms with van der Waals surface area (Å²) in [6, 6.07) is 2.09. The average Bonchev–Trinajstić information content (AvgIpc) is 2.77. The minimum atomic E-state index is -0.792. The Labute approximate surface area is 125 Å². The van der Waals surface area contributed by atoms with Gasteiger partial charge in [-0.25, -0.2) is 0 Å². The Morgan fingerprint density at radius 1 is 1.53 bits per heavy atom. The zero-order valence-corrected chi connectivity index (χ0v) is 13.1. The Hall–Kier alpha value is -0.430. The van der Waals surface area contributed by atoms with E-state index in [1.54, 1.807) is 11.3 Å². The van der Waals surface area contributed by atoms with Crippen LogP contribution in [0, 0.1) is 0 Å². The van der Waals surface area contributed by atoms with E-state index in [-0.39, 0.29) is 12.5 Å². The van der Waals surface area contributed by atoms with Crippen LogP contribution in [0.5, 0.6) is 0 Å². The van der Waals surface area contributed by atoms with E-state index in [4.69, 9.17) is 9.84 Å². The van der Waals surface area contributed by atoms with Gasteiger partial charge in [-0.15, -0.1) is 11.3 Å². The molecule has 1 N–H and O–H groups in total. The second-order valence-corrected chi connectivity index (χ2v) is 6.54. The molecule has 0 unspecified atom stereocenters. The van der Waals surface area contributed by atoms with Gasteiger partial charge in [0.15, 0.2) is 0 Å². The molecule has 0 saturated carbocycles. The van der Waals surface area contributed by atoms with Gasteiger partial charge in [0.2, 0.25) is 0 Å². The third-order valence-electron chi connectivity index (χ3n) is 3.26. The van der Waals surface area contributed by atoms with Gasteiger partial charge in [0.05, 0.1) is 19.1 Å². The first-order valence-electron chi connectivity index (χ1n) is 6.43. The summed E-state index contributed by atoms with van der Waals surface area (Å²) in [7, 11) is 0. The number of hydrogen-bond donors (Lipinski definition) is 1. The first-order valence-corrected chi connectivity index (χ1v) is 8.10. The lowest BCUT2D eigenvalue weighted by atomic mass is 10.1. The van der Waals surface area contributed by atoms with Crippen molar-refractivity contribution in [2.45, 2.75) is 31.9 Å². The maximum atomic E-state index is 10.4. The van der Waals surface area contributed by atoms with Crippen LogP contribution in [0.3, 0.4) is 0 Å². The number of aliphatic carboxylic acids is 1. The third kappa shape index (κ3) is 4.87. The van der Waals surface area contributed by atoms with Crippen LogP contribution < -0.4 is 0 Å². The Morgan fingerprint density at radius 2 is 2.26 bits per heavy atom. The van der Waals surface area contributed by atoms with Crippen molar-refractivity contribution in [2.75, 3.05) is 19.7 Å². The molecular formula is C13H18BrNO3S. The number of ether oxygens (including phenoxy) is 1. The van der Waals surface area contributed by atoms with E-state index in [0.29, 0.717) is 6.61 Å². The molecule has 1 saturated heterocycles. The monoisotopic (exact) mass is 347 g/mol. The number of nitrogens with zero attached hydrogens (tertiary/aromatic N) is 1. The number of carbonyl (C=O) groups is 1. The molecule has 0 atom stereocenters. The molecule has 0 radical (unpaired) electrons. The zero-order chi connectivity index (χ0) is 13.7. The molecule has 0 aromatic carbocycles. The van der Waals surface area contributed by atoms with Gasteiger partial charge in [0, 0.05) is 29.0 Å². The largest absolute Gasteiger partial charge is 0.481 e. The van der Waals surface area contributed by atoms with Crippen LogP contribution in [0.4, 0.5) is 0 Å². The first-order chi connectivity index (χ1) is 9.15. The average molecular weight is 348 g/mol. The molecule has 19 heavy (non-hydrogen) atoms. The van der Waals surface area contributed by atoms with Crippen molar-refractivity contribution in [3.05, 3.63) is 20.8 Å². The lowest BCUT2D eigenvalue weighted by Crippen LogP contribution is -2.36. The highest BCUT2D eigenvalue weighted by molar-refractivity contribution is 9.10. The molecule has 6 heteroatoms. The van der Waals surface area contributed by atoms with E-state index in [0.717, 1.165) is 32.5 Å². The molecule has 1 aliphatic rings. The fourth-order valence-corrected chi connectivity index (χ4v) is 3.71. The van der Waals surface area contributed by atoms with E-state index < -0.39 is 5.97 Å². The Morgan fingerprint density at radius 3 is 2.84 bits per heavy atom. The van der Waals surface area contributed by atoms with E-state index in [1.807, 2.05) is 0 Å². The van der Waals surface area contributed by atoms with Gasteiger partial charge >= 0.3 is 5.97 Å². The second-order valence-electron chi connectivity index (χ2n) is 4.68. The summed E-state index contributed by atoms with van der Waals surface area (Å²) in [5, 5.41) is 10.7. The minimum absolute atomic E-state index is 0.0996. The smallest absolute Gasteiger partial charge is 0.305 e. The maximum absolute atomic E-state index is 10.4. The van der Waals surface area contributed by atoms with Crippen LogP contribution in [0.25, 0.3) is 0 Å². The number of thiophene rings is 1. The number of carboxylic acids is 1. The number of likely N-dealkylation sites (tertiary alicyclic amines) is 1. The topological polar surface area (TPSA) is 49.8 Å². The maximum Gasteiger partial charge on any atom is 0.305 e. The van der Waals surface area contributed by atoms with Gasteiger partial charge in [-0.1, -0.05) is 0 Å². The van der Waals surface area contributed by atoms with Crippen LogP contribution in [0.15, 0.2) is 15.9 Å². The summed E-state index contributed by atoms with van der Waals surface area (Å²) in [5.41, 5.74) is 0. The van der Waals surface area contributed by atoms with E-state index in [1.165, 1.54) is 9.35 Å². The standard InChI is InChI=1S/C13H18BrNO3S/c14-11-4-8-19-12(11)9-15-5-1-10(2-6-15)18-7-3-13(16)17/h4,8,10H,1-3,5-7,9H2,(H,16,17). The summed E-state index contributed by atoms with van der Waals surface area (Å²) in [4.78, 5) is 14.2. The number of hydrogen-bond acceptors (Lipinski definition) is 4. The molecule has 0 spiro atoms. The van der Waals surface area contributed by atoms with E-state index in [2.05, 4.69) is 32.3 Å². The highest BCUT2D eigenvalue weighted by Gasteiger charge is 2.20. The predicted molar refractivity (Wildman–Crippen MR) is 78.5 cm³/mol. The van der Waals surface area contributed by atoms with Crippen molar-refractivity contribution in [3.63, 3.8) is 0 Å². The van der Waals surface area contributed by atoms with Gasteiger partial charge in [-0.2, -0.15) is 0 Å². The van der Waals surface area contributed by atoms with Gasteiger partial charge in [0.1, 0.15) is 0 Å². The van der Waals surface area contributed by atoms with E-state index >= 15 is 0 Å².